The number of carbonyl (C=O) groups excluding carboxylic acids is 1. The molecule has 146 valence electrons. The number of halogens is 1. The number of nitrogens with one attached hydrogen (secondary N) is 1. The van der Waals surface area contributed by atoms with Gasteiger partial charge in [0, 0.05) is 5.69 Å². The van der Waals surface area contributed by atoms with Gasteiger partial charge in [-0.25, -0.2) is 17.9 Å². The van der Waals surface area contributed by atoms with Crippen LogP contribution < -0.4 is 15.2 Å². The van der Waals surface area contributed by atoms with Crippen LogP contribution in [0.2, 0.25) is 0 Å². The number of anilines is 1. The Kier molecular flexibility index (Phi) is 5.07. The number of aromatic nitrogens is 4. The van der Waals surface area contributed by atoms with Gasteiger partial charge in [0.15, 0.2) is 5.82 Å². The highest BCUT2D eigenvalue weighted by atomic mass is 32.2. The molecule has 0 aliphatic carbocycles. The van der Waals surface area contributed by atoms with Crippen LogP contribution in [-0.2, 0) is 10.0 Å². The summed E-state index contributed by atoms with van der Waals surface area (Å²) in [6.07, 6.45) is 0. The molecule has 28 heavy (non-hydrogen) atoms. The van der Waals surface area contributed by atoms with Crippen LogP contribution in [0.25, 0.3) is 5.69 Å². The van der Waals surface area contributed by atoms with Crippen LogP contribution in [0.15, 0.2) is 41.3 Å². The van der Waals surface area contributed by atoms with Gasteiger partial charge in [-0.2, -0.15) is 4.68 Å². The predicted molar refractivity (Wildman–Crippen MR) is 96.2 cm³/mol. The van der Waals surface area contributed by atoms with Crippen molar-refractivity contribution in [2.45, 2.75) is 11.8 Å². The number of hydrogen-bond donors (Lipinski definition) is 2. The number of nitrogens with two attached hydrogens (primary N) is 1. The Bertz CT molecular complexity index is 1160. The van der Waals surface area contributed by atoms with Gasteiger partial charge in [0.1, 0.15) is 17.3 Å². The zero-order valence-electron chi connectivity index (χ0n) is 14.7. The minimum atomic E-state index is -4.01. The normalized spacial score (nSPS) is 11.3. The SMILES string of the molecule is COc1ccc(S(N)(=O)=O)cc1C(=O)Nc1ccc(F)c(-n2nnnc2C)c1. The van der Waals surface area contributed by atoms with Gasteiger partial charge in [-0.15, -0.1) is 5.10 Å². The van der Waals surface area contributed by atoms with Crippen molar-refractivity contribution in [1.82, 2.24) is 20.2 Å². The molecule has 12 heteroatoms. The molecule has 0 aliphatic rings. The van der Waals surface area contributed by atoms with E-state index in [1.165, 1.54) is 36.1 Å². The zero-order chi connectivity index (χ0) is 20.5. The number of ether oxygens (including phenoxy) is 1. The van der Waals surface area contributed by atoms with E-state index in [1.54, 1.807) is 6.92 Å². The lowest BCUT2D eigenvalue weighted by Crippen LogP contribution is -2.17. The summed E-state index contributed by atoms with van der Waals surface area (Å²) < 4.78 is 43.5. The molecule has 1 amide bonds. The first kappa shape index (κ1) is 19.4. The van der Waals surface area contributed by atoms with Gasteiger partial charge in [0.05, 0.1) is 17.6 Å². The number of rotatable bonds is 5. The monoisotopic (exact) mass is 406 g/mol. The Hall–Kier alpha value is -3.38. The van der Waals surface area contributed by atoms with Crippen LogP contribution in [0.5, 0.6) is 5.75 Å². The van der Waals surface area contributed by atoms with E-state index < -0.39 is 21.7 Å². The van der Waals surface area contributed by atoms with E-state index in [2.05, 4.69) is 20.8 Å². The average molecular weight is 406 g/mol. The summed E-state index contributed by atoms with van der Waals surface area (Å²) >= 11 is 0. The molecule has 0 bridgehead atoms. The van der Waals surface area contributed by atoms with Crippen molar-refractivity contribution < 1.29 is 22.3 Å². The number of primary sulfonamides is 1. The van der Waals surface area contributed by atoms with Crippen molar-refractivity contribution in [3.63, 3.8) is 0 Å². The summed E-state index contributed by atoms with van der Waals surface area (Å²) in [6.45, 7) is 1.59. The molecule has 0 radical (unpaired) electrons. The third-order valence-electron chi connectivity index (χ3n) is 3.80. The number of hydrogen-bond acceptors (Lipinski definition) is 7. The lowest BCUT2D eigenvalue weighted by atomic mass is 10.1. The molecule has 0 unspecified atom stereocenters. The maximum absolute atomic E-state index is 14.1. The van der Waals surface area contributed by atoms with Gasteiger partial charge in [0.2, 0.25) is 10.0 Å². The summed E-state index contributed by atoms with van der Waals surface area (Å²) in [5, 5.41) is 18.5. The van der Waals surface area contributed by atoms with E-state index >= 15 is 0 Å². The van der Waals surface area contributed by atoms with Gasteiger partial charge < -0.3 is 10.1 Å². The zero-order valence-corrected chi connectivity index (χ0v) is 15.6. The molecule has 3 rings (SSSR count). The minimum absolute atomic E-state index is 0.0329. The van der Waals surface area contributed by atoms with E-state index in [9.17, 15) is 17.6 Å². The lowest BCUT2D eigenvalue weighted by molar-refractivity contribution is 0.102. The molecular formula is C16H15FN6O4S. The molecule has 3 aromatic rings. The van der Waals surface area contributed by atoms with Gasteiger partial charge in [-0.05, 0) is 53.7 Å². The second-order valence-corrected chi connectivity index (χ2v) is 7.23. The number of benzene rings is 2. The number of methoxy groups -OCH3 is 1. The van der Waals surface area contributed by atoms with Crippen LogP contribution in [-0.4, -0.2) is 41.6 Å². The smallest absolute Gasteiger partial charge is 0.259 e. The summed E-state index contributed by atoms with van der Waals surface area (Å²) in [5.74, 6) is -0.774. The molecule has 0 atom stereocenters. The topological polar surface area (TPSA) is 142 Å². The van der Waals surface area contributed by atoms with Gasteiger partial charge in [-0.1, -0.05) is 0 Å². The third kappa shape index (κ3) is 3.82. The van der Waals surface area contributed by atoms with Crippen molar-refractivity contribution in [1.29, 1.82) is 0 Å². The Balaban J connectivity index is 1.97. The molecule has 0 aliphatic heterocycles. The largest absolute Gasteiger partial charge is 0.496 e. The quantitative estimate of drug-likeness (QED) is 0.644. The Morgan fingerprint density at radius 2 is 2.00 bits per heavy atom. The number of aryl methyl sites for hydroxylation is 1. The van der Waals surface area contributed by atoms with Crippen molar-refractivity contribution in [3.8, 4) is 11.4 Å². The van der Waals surface area contributed by atoms with E-state index in [-0.39, 0.29) is 27.6 Å². The summed E-state index contributed by atoms with van der Waals surface area (Å²) in [4.78, 5) is 12.4. The van der Waals surface area contributed by atoms with Crippen LogP contribution in [0, 0.1) is 12.7 Å². The first-order chi connectivity index (χ1) is 13.2. The Morgan fingerprint density at radius 3 is 2.61 bits per heavy atom. The van der Waals surface area contributed by atoms with E-state index in [0.717, 1.165) is 12.1 Å². The van der Waals surface area contributed by atoms with Crippen molar-refractivity contribution in [2.24, 2.45) is 5.14 Å². The first-order valence-corrected chi connectivity index (χ1v) is 9.32. The maximum atomic E-state index is 14.1. The number of nitrogens with zero attached hydrogens (tertiary/aromatic N) is 4. The fraction of sp³-hybridized carbons (Fsp3) is 0.125. The molecule has 10 nitrogen and oxygen atoms in total. The van der Waals surface area contributed by atoms with Crippen molar-refractivity contribution in [3.05, 3.63) is 53.6 Å². The maximum Gasteiger partial charge on any atom is 0.259 e. The van der Waals surface area contributed by atoms with Crippen molar-refractivity contribution >= 4 is 21.6 Å². The highest BCUT2D eigenvalue weighted by molar-refractivity contribution is 7.89. The molecule has 0 fully saturated rings. The molecule has 0 saturated heterocycles. The van der Waals surface area contributed by atoms with Crippen LogP contribution in [0.4, 0.5) is 10.1 Å². The fourth-order valence-corrected chi connectivity index (χ4v) is 2.99. The number of amides is 1. The molecule has 1 aromatic heterocycles. The summed E-state index contributed by atoms with van der Waals surface area (Å²) in [5.41, 5.74) is 0.211. The number of sulfonamides is 1. The minimum Gasteiger partial charge on any atom is -0.496 e. The Morgan fingerprint density at radius 1 is 1.25 bits per heavy atom. The van der Waals surface area contributed by atoms with Crippen LogP contribution in [0.3, 0.4) is 0 Å². The second kappa shape index (κ2) is 7.32. The molecule has 1 heterocycles. The molecule has 2 aromatic carbocycles. The molecular weight excluding hydrogens is 391 g/mol. The summed E-state index contributed by atoms with van der Waals surface area (Å²) in [7, 11) is -2.68. The molecule has 0 saturated carbocycles. The average Bonchev–Trinajstić information content (AvgIpc) is 3.07. The first-order valence-electron chi connectivity index (χ1n) is 7.78. The van der Waals surface area contributed by atoms with Crippen LogP contribution >= 0.6 is 0 Å². The summed E-state index contributed by atoms with van der Waals surface area (Å²) in [6, 6.07) is 7.46. The van der Waals surface area contributed by atoms with E-state index in [0.29, 0.717) is 5.82 Å². The highest BCUT2D eigenvalue weighted by Crippen LogP contribution is 2.24. The Labute approximate surface area is 159 Å². The van der Waals surface area contributed by atoms with E-state index in [1.807, 2.05) is 0 Å². The van der Waals surface area contributed by atoms with E-state index in [4.69, 9.17) is 9.88 Å². The lowest BCUT2D eigenvalue weighted by Gasteiger charge is -2.12. The molecule has 0 spiro atoms. The predicted octanol–water partition coefficient (Wildman–Crippen LogP) is 1.02. The molecule has 3 N–H and O–H groups in total. The van der Waals surface area contributed by atoms with Crippen molar-refractivity contribution in [2.75, 3.05) is 12.4 Å². The van der Waals surface area contributed by atoms with Gasteiger partial charge in [0.25, 0.3) is 5.91 Å². The fourth-order valence-electron chi connectivity index (χ4n) is 2.45. The number of tetrazole rings is 1. The number of carbonyl (C=O) groups is 1. The highest BCUT2D eigenvalue weighted by Gasteiger charge is 2.18. The standard InChI is InChI=1S/C16H15FN6O4S/c1-9-20-21-22-23(9)14-7-10(3-5-13(14)17)19-16(24)12-8-11(28(18,25)26)4-6-15(12)27-2/h3-8H,1-2H3,(H,19,24)(H2,18,25,26). The third-order valence-corrected chi connectivity index (χ3v) is 4.71. The van der Waals surface area contributed by atoms with Gasteiger partial charge >= 0.3 is 0 Å². The van der Waals surface area contributed by atoms with Gasteiger partial charge in [-0.3, -0.25) is 4.79 Å². The van der Waals surface area contributed by atoms with Crippen LogP contribution in [0.1, 0.15) is 16.2 Å². The second-order valence-electron chi connectivity index (χ2n) is 5.67.